The first-order valence-corrected chi connectivity index (χ1v) is 8.92. The number of nitrogens with two attached hydrogens (primary N) is 2. The van der Waals surface area contributed by atoms with E-state index >= 15 is 0 Å². The van der Waals surface area contributed by atoms with Crippen molar-refractivity contribution in [2.24, 2.45) is 11.5 Å². The second kappa shape index (κ2) is 6.29. The third-order valence-corrected chi connectivity index (χ3v) is 5.76. The molecule has 0 radical (unpaired) electrons. The van der Waals surface area contributed by atoms with Crippen LogP contribution in [0.15, 0.2) is 24.3 Å². The van der Waals surface area contributed by atoms with Gasteiger partial charge in [0.15, 0.2) is 6.10 Å². The van der Waals surface area contributed by atoms with Crippen LogP contribution in [-0.4, -0.2) is 46.4 Å². The van der Waals surface area contributed by atoms with E-state index in [1.807, 2.05) is 12.1 Å². The minimum absolute atomic E-state index is 0.119. The van der Waals surface area contributed by atoms with Gasteiger partial charge in [0.2, 0.25) is 0 Å². The van der Waals surface area contributed by atoms with Gasteiger partial charge in [0.05, 0.1) is 6.54 Å². The van der Waals surface area contributed by atoms with Gasteiger partial charge in [-0.25, -0.2) is 4.79 Å². The van der Waals surface area contributed by atoms with Crippen LogP contribution in [-0.2, 0) is 20.3 Å². The standard InChI is InChI=1S/C15H19N3O4S/c16-12-8-23(21)6-5-11(12)9-1-3-10(4-2-9)18-7-13(14(17)19)22-15(18)20/h1-4,11-13H,5-8,16H2,(H2,17,19). The first-order valence-electron chi connectivity index (χ1n) is 7.43. The number of primary amides is 1. The molecule has 0 aliphatic carbocycles. The van der Waals surface area contributed by atoms with Crippen molar-refractivity contribution in [1.29, 1.82) is 0 Å². The maximum absolute atomic E-state index is 11.8. The quantitative estimate of drug-likeness (QED) is 0.809. The molecule has 2 saturated heterocycles. The second-order valence-electron chi connectivity index (χ2n) is 5.85. The summed E-state index contributed by atoms with van der Waals surface area (Å²) < 4.78 is 16.5. The lowest BCUT2D eigenvalue weighted by atomic mass is 9.90. The lowest BCUT2D eigenvalue weighted by Crippen LogP contribution is -2.39. The van der Waals surface area contributed by atoms with E-state index in [1.165, 1.54) is 4.90 Å². The molecule has 2 heterocycles. The summed E-state index contributed by atoms with van der Waals surface area (Å²) in [5, 5.41) is 0. The summed E-state index contributed by atoms with van der Waals surface area (Å²) >= 11 is 0. The molecule has 23 heavy (non-hydrogen) atoms. The van der Waals surface area contributed by atoms with Crippen LogP contribution in [0.5, 0.6) is 0 Å². The van der Waals surface area contributed by atoms with Gasteiger partial charge in [0, 0.05) is 40.0 Å². The van der Waals surface area contributed by atoms with Gasteiger partial charge in [-0.1, -0.05) is 12.1 Å². The summed E-state index contributed by atoms with van der Waals surface area (Å²) in [4.78, 5) is 24.3. The largest absolute Gasteiger partial charge is 0.434 e. The molecule has 124 valence electrons. The lowest BCUT2D eigenvalue weighted by molar-refractivity contribution is -0.124. The Morgan fingerprint density at radius 3 is 2.57 bits per heavy atom. The average molecular weight is 337 g/mol. The van der Waals surface area contributed by atoms with Crippen LogP contribution in [0.1, 0.15) is 17.9 Å². The Bertz CT molecular complexity index is 649. The first-order chi connectivity index (χ1) is 11.0. The molecule has 3 rings (SSSR count). The van der Waals surface area contributed by atoms with Crippen molar-refractivity contribution < 1.29 is 18.5 Å². The van der Waals surface area contributed by atoms with E-state index in [0.717, 1.165) is 12.0 Å². The van der Waals surface area contributed by atoms with Crippen molar-refractivity contribution in [2.45, 2.75) is 24.5 Å². The summed E-state index contributed by atoms with van der Waals surface area (Å²) in [5.74, 6) is 0.702. The number of carbonyl (C=O) groups excluding carboxylic acids is 2. The number of carbonyl (C=O) groups is 2. The SMILES string of the molecule is NC(=O)C1CN(c2ccc(C3CCS(=O)CC3N)cc2)C(=O)O1. The van der Waals surface area contributed by atoms with Gasteiger partial charge in [0.1, 0.15) is 0 Å². The third-order valence-electron chi connectivity index (χ3n) is 4.31. The monoisotopic (exact) mass is 337 g/mol. The molecule has 2 aliphatic heterocycles. The van der Waals surface area contributed by atoms with Crippen LogP contribution in [0.2, 0.25) is 0 Å². The number of nitrogens with zero attached hydrogens (tertiary/aromatic N) is 1. The molecule has 1 aromatic carbocycles. The van der Waals surface area contributed by atoms with Crippen LogP contribution >= 0.6 is 0 Å². The smallest absolute Gasteiger partial charge is 0.415 e. The molecular formula is C15H19N3O4S. The van der Waals surface area contributed by atoms with Crippen LogP contribution in [0.25, 0.3) is 0 Å². The molecule has 0 saturated carbocycles. The van der Waals surface area contributed by atoms with E-state index in [4.69, 9.17) is 16.2 Å². The van der Waals surface area contributed by atoms with E-state index in [-0.39, 0.29) is 18.5 Å². The Hall–Kier alpha value is -1.93. The maximum Gasteiger partial charge on any atom is 0.415 e. The Balaban J connectivity index is 1.74. The van der Waals surface area contributed by atoms with Crippen LogP contribution in [0.3, 0.4) is 0 Å². The highest BCUT2D eigenvalue weighted by Crippen LogP contribution is 2.30. The number of amides is 2. The van der Waals surface area contributed by atoms with Crippen molar-refractivity contribution in [2.75, 3.05) is 23.0 Å². The highest BCUT2D eigenvalue weighted by molar-refractivity contribution is 7.85. The fraction of sp³-hybridized carbons (Fsp3) is 0.467. The minimum Gasteiger partial charge on any atom is -0.434 e. The molecule has 4 N–H and O–H groups in total. The van der Waals surface area contributed by atoms with Crippen molar-refractivity contribution >= 4 is 28.5 Å². The average Bonchev–Trinajstić information content (AvgIpc) is 2.90. The molecule has 8 heteroatoms. The van der Waals surface area contributed by atoms with E-state index in [9.17, 15) is 13.8 Å². The highest BCUT2D eigenvalue weighted by Gasteiger charge is 2.36. The van der Waals surface area contributed by atoms with E-state index in [0.29, 0.717) is 17.2 Å². The highest BCUT2D eigenvalue weighted by atomic mass is 32.2. The predicted octanol–water partition coefficient (Wildman–Crippen LogP) is 0.0604. The second-order valence-corrected chi connectivity index (χ2v) is 7.47. The van der Waals surface area contributed by atoms with Crippen LogP contribution < -0.4 is 16.4 Å². The Kier molecular flexibility index (Phi) is 4.36. The van der Waals surface area contributed by atoms with Crippen molar-refractivity contribution in [3.8, 4) is 0 Å². The van der Waals surface area contributed by atoms with Crippen molar-refractivity contribution in [3.05, 3.63) is 29.8 Å². The zero-order valence-corrected chi connectivity index (χ0v) is 13.3. The fourth-order valence-electron chi connectivity index (χ4n) is 3.02. The maximum atomic E-state index is 11.8. The first kappa shape index (κ1) is 15.9. The third kappa shape index (κ3) is 3.23. The summed E-state index contributed by atoms with van der Waals surface area (Å²) in [6.07, 6.45) is -0.696. The molecule has 0 spiro atoms. The van der Waals surface area contributed by atoms with Gasteiger partial charge in [-0.05, 0) is 24.1 Å². The van der Waals surface area contributed by atoms with Crippen molar-refractivity contribution in [3.63, 3.8) is 0 Å². The molecule has 2 amide bonds. The van der Waals surface area contributed by atoms with E-state index in [2.05, 4.69) is 0 Å². The van der Waals surface area contributed by atoms with Gasteiger partial charge >= 0.3 is 6.09 Å². The predicted molar refractivity (Wildman–Crippen MR) is 86.5 cm³/mol. The molecule has 4 atom stereocenters. The number of ether oxygens (including phenoxy) is 1. The zero-order chi connectivity index (χ0) is 16.6. The summed E-state index contributed by atoms with van der Waals surface area (Å²) in [6, 6.07) is 7.32. The summed E-state index contributed by atoms with van der Waals surface area (Å²) in [5.41, 5.74) is 13.0. The molecule has 1 aromatic rings. The number of anilines is 1. The van der Waals surface area contributed by atoms with Gasteiger partial charge in [-0.15, -0.1) is 0 Å². The topological polar surface area (TPSA) is 116 Å². The Labute approximate surface area is 136 Å². The number of cyclic esters (lactones) is 1. The van der Waals surface area contributed by atoms with Gasteiger partial charge < -0.3 is 16.2 Å². The minimum atomic E-state index is -0.913. The van der Waals surface area contributed by atoms with Crippen LogP contribution in [0, 0.1) is 0 Å². The van der Waals surface area contributed by atoms with Gasteiger partial charge in [-0.3, -0.25) is 13.9 Å². The fourth-order valence-corrected chi connectivity index (χ4v) is 4.37. The molecular weight excluding hydrogens is 318 g/mol. The zero-order valence-electron chi connectivity index (χ0n) is 12.5. The molecule has 2 aliphatic rings. The van der Waals surface area contributed by atoms with Gasteiger partial charge in [-0.2, -0.15) is 0 Å². The van der Waals surface area contributed by atoms with Crippen LogP contribution in [0.4, 0.5) is 10.5 Å². The molecule has 2 fully saturated rings. The summed E-state index contributed by atoms with van der Waals surface area (Å²) in [7, 11) is -0.823. The number of benzene rings is 1. The number of rotatable bonds is 3. The number of hydrogen-bond donors (Lipinski definition) is 2. The molecule has 7 nitrogen and oxygen atoms in total. The molecule has 0 bridgehead atoms. The van der Waals surface area contributed by atoms with Crippen molar-refractivity contribution in [1.82, 2.24) is 0 Å². The van der Waals surface area contributed by atoms with E-state index in [1.54, 1.807) is 12.1 Å². The molecule has 4 unspecified atom stereocenters. The van der Waals surface area contributed by atoms with E-state index < -0.39 is 28.9 Å². The Morgan fingerprint density at radius 1 is 1.30 bits per heavy atom. The molecule has 0 aromatic heterocycles. The normalized spacial score (nSPS) is 31.0. The lowest BCUT2D eigenvalue weighted by Gasteiger charge is -2.28. The Morgan fingerprint density at radius 2 is 2.00 bits per heavy atom. The van der Waals surface area contributed by atoms with Gasteiger partial charge in [0.25, 0.3) is 5.91 Å². The summed E-state index contributed by atoms with van der Waals surface area (Å²) in [6.45, 7) is 0.120. The number of hydrogen-bond acceptors (Lipinski definition) is 5.